The molecule has 0 aliphatic rings. The third-order valence-corrected chi connectivity index (χ3v) is 3.29. The smallest absolute Gasteiger partial charge is 0.132 e. The lowest BCUT2D eigenvalue weighted by Crippen LogP contribution is -2.08. The molecule has 2 rings (SSSR count). The molecule has 0 saturated heterocycles. The fraction of sp³-hybridized carbons (Fsp3) is 0.250. The predicted molar refractivity (Wildman–Crippen MR) is 72.8 cm³/mol. The van der Waals surface area contributed by atoms with E-state index in [0.29, 0.717) is 5.56 Å². The molecule has 0 aliphatic carbocycles. The molecule has 0 heterocycles. The Hall–Kier alpha value is -1.94. The van der Waals surface area contributed by atoms with E-state index in [1.165, 1.54) is 31.4 Å². The van der Waals surface area contributed by atoms with Crippen LogP contribution >= 0.6 is 0 Å². The van der Waals surface area contributed by atoms with E-state index in [-0.39, 0.29) is 23.6 Å². The maximum Gasteiger partial charge on any atom is 0.132 e. The molecule has 0 fully saturated rings. The Balaban J connectivity index is 2.33. The third-order valence-electron chi connectivity index (χ3n) is 3.29. The molecule has 0 radical (unpaired) electrons. The van der Waals surface area contributed by atoms with E-state index in [1.807, 2.05) is 6.92 Å². The SMILES string of the molecule is COc1cccc(F)c1C(O)Cc1cc(F)ccc1C. The maximum absolute atomic E-state index is 13.9. The van der Waals surface area contributed by atoms with Crippen molar-refractivity contribution in [3.8, 4) is 5.75 Å². The molecular weight excluding hydrogens is 262 g/mol. The van der Waals surface area contributed by atoms with Gasteiger partial charge in [-0.2, -0.15) is 0 Å². The summed E-state index contributed by atoms with van der Waals surface area (Å²) in [6.07, 6.45) is -0.965. The van der Waals surface area contributed by atoms with Crippen LogP contribution in [0.15, 0.2) is 36.4 Å². The molecule has 20 heavy (non-hydrogen) atoms. The second kappa shape index (κ2) is 6.01. The number of rotatable bonds is 4. The summed E-state index contributed by atoms with van der Waals surface area (Å²) in [6, 6.07) is 8.70. The Morgan fingerprint density at radius 1 is 1.20 bits per heavy atom. The van der Waals surface area contributed by atoms with Crippen molar-refractivity contribution < 1.29 is 18.6 Å². The topological polar surface area (TPSA) is 29.5 Å². The van der Waals surface area contributed by atoms with Crippen LogP contribution in [0.4, 0.5) is 8.78 Å². The normalized spacial score (nSPS) is 12.2. The number of halogens is 2. The van der Waals surface area contributed by atoms with E-state index in [2.05, 4.69) is 0 Å². The highest BCUT2D eigenvalue weighted by Gasteiger charge is 2.19. The van der Waals surface area contributed by atoms with Crippen molar-refractivity contribution in [1.29, 1.82) is 0 Å². The van der Waals surface area contributed by atoms with E-state index < -0.39 is 11.9 Å². The van der Waals surface area contributed by atoms with Crippen LogP contribution < -0.4 is 4.74 Å². The molecule has 1 N–H and O–H groups in total. The van der Waals surface area contributed by atoms with E-state index >= 15 is 0 Å². The lowest BCUT2D eigenvalue weighted by atomic mass is 9.97. The predicted octanol–water partition coefficient (Wildman–Crippen LogP) is 3.56. The fourth-order valence-electron chi connectivity index (χ4n) is 2.19. The van der Waals surface area contributed by atoms with Gasteiger partial charge in [0.05, 0.1) is 18.8 Å². The van der Waals surface area contributed by atoms with Gasteiger partial charge in [-0.05, 0) is 42.3 Å². The van der Waals surface area contributed by atoms with Crippen molar-refractivity contribution >= 4 is 0 Å². The molecule has 0 aliphatic heterocycles. The fourth-order valence-corrected chi connectivity index (χ4v) is 2.19. The Morgan fingerprint density at radius 3 is 2.65 bits per heavy atom. The standard InChI is InChI=1S/C16H16F2O2/c1-10-6-7-12(17)8-11(10)9-14(19)16-13(18)4-3-5-15(16)20-2/h3-8,14,19H,9H2,1-2H3. The van der Waals surface area contributed by atoms with Crippen LogP contribution in [0.3, 0.4) is 0 Å². The second-order valence-corrected chi connectivity index (χ2v) is 4.65. The quantitative estimate of drug-likeness (QED) is 0.926. The van der Waals surface area contributed by atoms with Crippen molar-refractivity contribution in [3.63, 3.8) is 0 Å². The van der Waals surface area contributed by atoms with E-state index in [9.17, 15) is 13.9 Å². The van der Waals surface area contributed by atoms with Gasteiger partial charge in [-0.15, -0.1) is 0 Å². The molecule has 2 aromatic carbocycles. The maximum atomic E-state index is 13.9. The van der Waals surface area contributed by atoms with Crippen LogP contribution in [0.1, 0.15) is 22.8 Å². The second-order valence-electron chi connectivity index (χ2n) is 4.65. The summed E-state index contributed by atoms with van der Waals surface area (Å²) in [7, 11) is 1.42. The average molecular weight is 278 g/mol. The Labute approximate surface area is 116 Å². The van der Waals surface area contributed by atoms with Crippen LogP contribution in [0.5, 0.6) is 5.75 Å². The van der Waals surface area contributed by atoms with E-state index in [0.717, 1.165) is 5.56 Å². The van der Waals surface area contributed by atoms with Gasteiger partial charge in [0.1, 0.15) is 17.4 Å². The van der Waals surface area contributed by atoms with Crippen LogP contribution in [-0.4, -0.2) is 12.2 Å². The van der Waals surface area contributed by atoms with Crippen molar-refractivity contribution in [3.05, 3.63) is 64.7 Å². The number of hydrogen-bond acceptors (Lipinski definition) is 2. The Bertz CT molecular complexity index is 611. The van der Waals surface area contributed by atoms with Gasteiger partial charge in [0.15, 0.2) is 0 Å². The number of benzene rings is 2. The van der Waals surface area contributed by atoms with Gasteiger partial charge in [0.2, 0.25) is 0 Å². The van der Waals surface area contributed by atoms with Gasteiger partial charge in [-0.1, -0.05) is 12.1 Å². The first-order valence-electron chi connectivity index (χ1n) is 6.28. The van der Waals surface area contributed by atoms with Gasteiger partial charge in [-0.25, -0.2) is 8.78 Å². The molecule has 4 heteroatoms. The lowest BCUT2D eigenvalue weighted by molar-refractivity contribution is 0.168. The van der Waals surface area contributed by atoms with Gasteiger partial charge >= 0.3 is 0 Å². The molecule has 1 unspecified atom stereocenters. The van der Waals surface area contributed by atoms with Crippen LogP contribution in [0, 0.1) is 18.6 Å². The minimum atomic E-state index is -1.09. The summed E-state index contributed by atoms with van der Waals surface area (Å²) in [5.74, 6) is -0.629. The first kappa shape index (κ1) is 14.5. The number of hydrogen-bond donors (Lipinski definition) is 1. The van der Waals surface area contributed by atoms with Crippen LogP contribution in [0.2, 0.25) is 0 Å². The Morgan fingerprint density at radius 2 is 1.95 bits per heavy atom. The van der Waals surface area contributed by atoms with Crippen LogP contribution in [-0.2, 0) is 6.42 Å². The zero-order valence-corrected chi connectivity index (χ0v) is 11.4. The summed E-state index contributed by atoms with van der Waals surface area (Å²) in [4.78, 5) is 0. The molecule has 1 atom stereocenters. The molecule has 2 nitrogen and oxygen atoms in total. The molecule has 0 bridgehead atoms. The van der Waals surface area contributed by atoms with Gasteiger partial charge in [-0.3, -0.25) is 0 Å². The third kappa shape index (κ3) is 2.96. The van der Waals surface area contributed by atoms with Crippen LogP contribution in [0.25, 0.3) is 0 Å². The monoisotopic (exact) mass is 278 g/mol. The van der Waals surface area contributed by atoms with Gasteiger partial charge in [0.25, 0.3) is 0 Å². The first-order chi connectivity index (χ1) is 9.52. The summed E-state index contributed by atoms with van der Waals surface area (Å²) in [6.45, 7) is 1.82. The van der Waals surface area contributed by atoms with E-state index in [4.69, 9.17) is 4.74 Å². The summed E-state index contributed by atoms with van der Waals surface area (Å²) < 4.78 is 32.2. The lowest BCUT2D eigenvalue weighted by Gasteiger charge is -2.16. The zero-order chi connectivity index (χ0) is 14.7. The largest absolute Gasteiger partial charge is 0.496 e. The Kier molecular flexibility index (Phi) is 4.35. The number of methoxy groups -OCH3 is 1. The highest BCUT2D eigenvalue weighted by Crippen LogP contribution is 2.30. The van der Waals surface area contributed by atoms with Crippen molar-refractivity contribution in [2.24, 2.45) is 0 Å². The molecule has 106 valence electrons. The molecule has 0 spiro atoms. The van der Waals surface area contributed by atoms with Crippen molar-refractivity contribution in [2.45, 2.75) is 19.4 Å². The van der Waals surface area contributed by atoms with E-state index in [1.54, 1.807) is 12.1 Å². The van der Waals surface area contributed by atoms with Crippen molar-refractivity contribution in [2.75, 3.05) is 7.11 Å². The first-order valence-corrected chi connectivity index (χ1v) is 6.28. The van der Waals surface area contributed by atoms with Crippen molar-refractivity contribution in [1.82, 2.24) is 0 Å². The molecule has 2 aromatic rings. The highest BCUT2D eigenvalue weighted by atomic mass is 19.1. The molecule has 0 amide bonds. The summed E-state index contributed by atoms with van der Waals surface area (Å²) in [5, 5.41) is 10.2. The molecule has 0 saturated carbocycles. The number of aliphatic hydroxyl groups is 1. The zero-order valence-electron chi connectivity index (χ0n) is 11.4. The number of aryl methyl sites for hydroxylation is 1. The summed E-state index contributed by atoms with van der Waals surface area (Å²) in [5.41, 5.74) is 1.59. The number of ether oxygens (including phenoxy) is 1. The van der Waals surface area contributed by atoms with Gasteiger partial charge in [0, 0.05) is 6.42 Å². The average Bonchev–Trinajstić information content (AvgIpc) is 2.42. The highest BCUT2D eigenvalue weighted by molar-refractivity contribution is 5.38. The molecule has 0 aromatic heterocycles. The minimum Gasteiger partial charge on any atom is -0.496 e. The minimum absolute atomic E-state index is 0.0960. The van der Waals surface area contributed by atoms with Gasteiger partial charge < -0.3 is 9.84 Å². The number of aliphatic hydroxyl groups excluding tert-OH is 1. The summed E-state index contributed by atoms with van der Waals surface area (Å²) >= 11 is 0. The molecular formula is C16H16F2O2.